The first-order valence-corrected chi connectivity index (χ1v) is 29.6. The van der Waals surface area contributed by atoms with Gasteiger partial charge in [-0.1, -0.05) is 66.7 Å². The van der Waals surface area contributed by atoms with Gasteiger partial charge < -0.3 is 102 Å². The maximum atomic E-state index is 14.5. The number of hydrogen-bond donors (Lipinski definition) is 19. The molecule has 1 aliphatic rings. The van der Waals surface area contributed by atoms with Crippen molar-refractivity contribution < 1.29 is 81.8 Å². The van der Waals surface area contributed by atoms with Crippen molar-refractivity contribution in [1.82, 2.24) is 68.5 Å². The van der Waals surface area contributed by atoms with Crippen molar-refractivity contribution in [1.29, 1.82) is 0 Å². The Bertz CT molecular complexity index is 3740. The number of H-pyrrole nitrogens is 2. The monoisotopic (exact) mass is 1320 g/mol. The summed E-state index contributed by atoms with van der Waals surface area (Å²) in [5.41, 5.74) is 30.3. The molecule has 3 aromatic carbocycles. The third-order valence-electron chi connectivity index (χ3n) is 14.9. The average molecular weight is 1320 g/mol. The Balaban J connectivity index is 1.19. The standard InChI is InChI=1S/C60H74N18O17/c1-28(70-56(91)42(22-46(63)80)77-60(95)44-26-68-53(88)34(61)20-48(82)72-41(19-31-25-67-36-14-8-6-12-33(31)36)58(93)76-43(23-47(64)81)59(94)78-44)52(87)74-39(17-29-9-3-2-4-10-29)57(92)73-37(15-16-50(84)85)55(90)75-40(18-30-24-66-35-13-7-5-11-32(30)35)54(89)69-27-49(83)71-38(51(65)86)21-45(62)79/h2-14,24-25,28,34,37-44,66-67H,15-23,26-27,61H2,1H3,(H2,62,79)(H2,63,80)(H2,64,81)(H2,65,86)(H,68,88)(H,69,89)(H,70,91)(H,71,83)(H,72,82)(H,73,92)(H,74,87)(H,75,90)(H,76,93)(H,77,95)(H,78,94)(H,84,85)/t28-,34-,37-,38-,39-,40-,41-,42-,43-,44-/m0/s1. The van der Waals surface area contributed by atoms with E-state index in [4.69, 9.17) is 28.7 Å². The van der Waals surface area contributed by atoms with Crippen LogP contribution in [0.15, 0.2) is 91.3 Å². The summed E-state index contributed by atoms with van der Waals surface area (Å²) < 4.78 is 0. The highest BCUT2D eigenvalue weighted by atomic mass is 16.4. The zero-order chi connectivity index (χ0) is 69.6. The van der Waals surface area contributed by atoms with Crippen molar-refractivity contribution in [3.8, 4) is 0 Å². The van der Waals surface area contributed by atoms with E-state index >= 15 is 0 Å². The van der Waals surface area contributed by atoms with Gasteiger partial charge in [0.05, 0.1) is 38.3 Å². The highest BCUT2D eigenvalue weighted by molar-refractivity contribution is 6.02. The Kier molecular flexibility index (Phi) is 25.9. The first kappa shape index (κ1) is 72.3. The number of aliphatic carboxylic acids is 1. The predicted octanol–water partition coefficient (Wildman–Crippen LogP) is -7.00. The molecule has 506 valence electrons. The minimum Gasteiger partial charge on any atom is -0.481 e. The zero-order valence-electron chi connectivity index (χ0n) is 51.1. The maximum absolute atomic E-state index is 14.5. The molecule has 0 aliphatic carbocycles. The van der Waals surface area contributed by atoms with Crippen LogP contribution < -0.4 is 87.2 Å². The molecular formula is C60H74N18O17. The largest absolute Gasteiger partial charge is 0.481 e. The predicted molar refractivity (Wildman–Crippen MR) is 333 cm³/mol. The summed E-state index contributed by atoms with van der Waals surface area (Å²) in [5, 5.41) is 37.0. The number of rotatable bonds is 30. The minimum atomic E-state index is -1.97. The van der Waals surface area contributed by atoms with Gasteiger partial charge in [-0.3, -0.25) is 76.7 Å². The number of aromatic amines is 2. The first-order valence-electron chi connectivity index (χ1n) is 29.6. The fourth-order valence-electron chi connectivity index (χ4n) is 9.96. The molecule has 5 aromatic rings. The number of nitrogens with two attached hydrogens (primary N) is 5. The summed E-state index contributed by atoms with van der Waals surface area (Å²) in [6.45, 7) is -0.517. The average Bonchev–Trinajstić information content (AvgIpc) is 1.74. The summed E-state index contributed by atoms with van der Waals surface area (Å²) >= 11 is 0. The molecule has 0 radical (unpaired) electrons. The van der Waals surface area contributed by atoms with Crippen molar-refractivity contribution in [3.05, 3.63) is 108 Å². The van der Waals surface area contributed by atoms with E-state index in [1.807, 2.05) is 0 Å². The number of amides is 15. The smallest absolute Gasteiger partial charge is 0.303 e. The van der Waals surface area contributed by atoms with E-state index in [0.717, 1.165) is 6.92 Å². The molecule has 35 heteroatoms. The van der Waals surface area contributed by atoms with E-state index in [9.17, 15) is 81.8 Å². The number of benzene rings is 3. The highest BCUT2D eigenvalue weighted by Gasteiger charge is 2.37. The van der Waals surface area contributed by atoms with E-state index in [0.29, 0.717) is 38.5 Å². The van der Waals surface area contributed by atoms with Crippen molar-refractivity contribution >= 4 is 116 Å². The van der Waals surface area contributed by atoms with Crippen LogP contribution in [-0.4, -0.2) is 183 Å². The third kappa shape index (κ3) is 22.0. The molecule has 10 atom stereocenters. The van der Waals surface area contributed by atoms with Crippen LogP contribution in [0, 0.1) is 0 Å². The number of carbonyl (C=O) groups is 16. The quantitative estimate of drug-likeness (QED) is 0.0203. The molecule has 1 aliphatic heterocycles. The Morgan fingerprint density at radius 2 is 1.11 bits per heavy atom. The van der Waals surface area contributed by atoms with Crippen molar-refractivity contribution in [2.45, 2.75) is 125 Å². The van der Waals surface area contributed by atoms with Gasteiger partial charge in [-0.15, -0.1) is 0 Å². The van der Waals surface area contributed by atoms with E-state index in [1.165, 1.54) is 0 Å². The zero-order valence-corrected chi connectivity index (χ0v) is 51.1. The molecule has 0 bridgehead atoms. The van der Waals surface area contributed by atoms with Crippen molar-refractivity contribution in [2.24, 2.45) is 28.7 Å². The molecule has 1 saturated heterocycles. The summed E-state index contributed by atoms with van der Waals surface area (Å²) in [7, 11) is 0. The Morgan fingerprint density at radius 1 is 0.558 bits per heavy atom. The van der Waals surface area contributed by atoms with Gasteiger partial charge in [-0.25, -0.2) is 0 Å². The van der Waals surface area contributed by atoms with Gasteiger partial charge in [0.15, 0.2) is 0 Å². The van der Waals surface area contributed by atoms with Crippen LogP contribution in [0.25, 0.3) is 21.8 Å². The van der Waals surface area contributed by atoms with E-state index in [-0.39, 0.29) is 19.3 Å². The molecular weight excluding hydrogens is 1240 g/mol. The third-order valence-corrected chi connectivity index (χ3v) is 14.9. The molecule has 0 saturated carbocycles. The Morgan fingerprint density at radius 3 is 1.73 bits per heavy atom. The number of para-hydroxylation sites is 2. The van der Waals surface area contributed by atoms with Crippen molar-refractivity contribution in [3.63, 3.8) is 0 Å². The SMILES string of the molecule is C[C@H](NC(=O)[C@H](CC(N)=O)NC(=O)[C@@H]1CNC(=O)[C@@H](N)CC(=O)N[C@@H](Cc2c[nH]c3ccccc23)C(=O)N[C@@H](CC(N)=O)C(=O)N1)C(=O)N[C@@H](Cc1ccccc1)C(=O)N[C@@H](CCC(=O)O)C(=O)N[C@@H](Cc1c[nH]c2ccccc12)C(=O)NCC(=O)N[C@@H](CC(N)=O)C(N)=O. The number of carboxylic acids is 1. The Labute approximate surface area is 539 Å². The van der Waals surface area contributed by atoms with Crippen LogP contribution in [0.1, 0.15) is 62.1 Å². The van der Waals surface area contributed by atoms with Crippen LogP contribution in [0.3, 0.4) is 0 Å². The highest BCUT2D eigenvalue weighted by Crippen LogP contribution is 2.21. The normalized spacial score (nSPS) is 17.9. The number of fused-ring (bicyclic) bond motifs is 2. The number of carbonyl (C=O) groups excluding carboxylic acids is 15. The van der Waals surface area contributed by atoms with Gasteiger partial charge in [-0.2, -0.15) is 0 Å². The first-order chi connectivity index (χ1) is 45.0. The Hall–Kier alpha value is -11.8. The lowest BCUT2D eigenvalue weighted by atomic mass is 10.0. The molecule has 35 nitrogen and oxygen atoms in total. The molecule has 6 rings (SSSR count). The molecule has 0 unspecified atom stereocenters. The lowest BCUT2D eigenvalue weighted by Crippen LogP contribution is -2.63. The lowest BCUT2D eigenvalue weighted by molar-refractivity contribution is -0.138. The molecule has 2 aromatic heterocycles. The van der Waals surface area contributed by atoms with Gasteiger partial charge in [0.1, 0.15) is 54.4 Å². The summed E-state index contributed by atoms with van der Waals surface area (Å²) in [5.74, 6) is -17.8. The van der Waals surface area contributed by atoms with E-state index in [1.54, 1.807) is 91.3 Å². The summed E-state index contributed by atoms with van der Waals surface area (Å²) in [6, 6.07) is 4.96. The fourth-order valence-corrected chi connectivity index (χ4v) is 9.96. The second-order valence-electron chi connectivity index (χ2n) is 22.3. The van der Waals surface area contributed by atoms with Gasteiger partial charge in [0.25, 0.3) is 0 Å². The second-order valence-corrected chi connectivity index (χ2v) is 22.3. The lowest BCUT2D eigenvalue weighted by Gasteiger charge is -2.28. The van der Waals surface area contributed by atoms with Gasteiger partial charge in [0.2, 0.25) is 88.6 Å². The molecule has 15 amide bonds. The molecule has 95 heavy (non-hydrogen) atoms. The van der Waals surface area contributed by atoms with Crippen LogP contribution >= 0.6 is 0 Å². The van der Waals surface area contributed by atoms with Gasteiger partial charge >= 0.3 is 5.97 Å². The van der Waals surface area contributed by atoms with E-state index < -0.39 is 207 Å². The van der Waals surface area contributed by atoms with Gasteiger partial charge in [-0.05, 0) is 42.2 Å². The number of carboxylic acid groups (broad SMARTS) is 1. The maximum Gasteiger partial charge on any atom is 0.303 e. The number of aromatic nitrogens is 2. The number of primary amides is 4. The summed E-state index contributed by atoms with van der Waals surface area (Å²) in [4.78, 5) is 219. The summed E-state index contributed by atoms with van der Waals surface area (Å²) in [6.07, 6.45) is -2.13. The number of nitrogens with one attached hydrogen (secondary N) is 13. The fraction of sp³-hybridized carbons (Fsp3) is 0.367. The molecule has 3 heterocycles. The van der Waals surface area contributed by atoms with Gasteiger partial charge in [0, 0.05) is 66.4 Å². The minimum absolute atomic E-state index is 0.177. The second kappa shape index (κ2) is 34.0. The van der Waals surface area contributed by atoms with E-state index in [2.05, 4.69) is 68.5 Å². The molecule has 0 spiro atoms. The topological polar surface area (TPSA) is 587 Å². The van der Waals surface area contributed by atoms with Crippen LogP contribution in [0.2, 0.25) is 0 Å². The molecule has 24 N–H and O–H groups in total. The number of hydrogen-bond acceptors (Lipinski definition) is 17. The van der Waals surface area contributed by atoms with Crippen LogP contribution in [0.5, 0.6) is 0 Å². The van der Waals surface area contributed by atoms with Crippen LogP contribution in [-0.2, 0) is 96.0 Å². The van der Waals surface area contributed by atoms with Crippen LogP contribution in [0.4, 0.5) is 0 Å². The van der Waals surface area contributed by atoms with Crippen molar-refractivity contribution in [2.75, 3.05) is 13.1 Å². The molecule has 1 fully saturated rings.